The standard InChI is InChI=1S/C14H24N2O/c1-3-4-5-6-7-8-9-10-11-16-13-12-15(2)14(16)17/h4-5,7-8H,3,6,9-13H2,1-2H3/b5-4-,8-7-. The Labute approximate surface area is 105 Å². The Morgan fingerprint density at radius 2 is 1.94 bits per heavy atom. The summed E-state index contributed by atoms with van der Waals surface area (Å²) in [6, 6.07) is 0.180. The monoisotopic (exact) mass is 236 g/mol. The van der Waals surface area contributed by atoms with E-state index >= 15 is 0 Å². The highest BCUT2D eigenvalue weighted by Crippen LogP contribution is 2.07. The van der Waals surface area contributed by atoms with Crippen molar-refractivity contribution in [2.75, 3.05) is 26.7 Å². The van der Waals surface area contributed by atoms with Gasteiger partial charge in [-0.1, -0.05) is 31.2 Å². The van der Waals surface area contributed by atoms with Crippen molar-refractivity contribution in [3.05, 3.63) is 24.3 Å². The number of nitrogens with zero attached hydrogens (tertiary/aromatic N) is 2. The Kier molecular flexibility index (Phi) is 6.45. The molecule has 3 heteroatoms. The lowest BCUT2D eigenvalue weighted by molar-refractivity contribution is 0.198. The molecule has 0 radical (unpaired) electrons. The molecule has 1 heterocycles. The predicted molar refractivity (Wildman–Crippen MR) is 72.0 cm³/mol. The maximum atomic E-state index is 11.6. The van der Waals surface area contributed by atoms with Gasteiger partial charge in [0.15, 0.2) is 0 Å². The molecule has 1 rings (SSSR count). The summed E-state index contributed by atoms with van der Waals surface area (Å²) in [6.45, 7) is 4.79. The molecule has 17 heavy (non-hydrogen) atoms. The number of unbranched alkanes of at least 4 members (excludes halogenated alkanes) is 1. The number of carbonyl (C=O) groups is 1. The first-order valence-electron chi connectivity index (χ1n) is 6.55. The molecule has 0 aromatic carbocycles. The second kappa shape index (κ2) is 7.93. The van der Waals surface area contributed by atoms with Gasteiger partial charge in [0.25, 0.3) is 0 Å². The van der Waals surface area contributed by atoms with Crippen molar-refractivity contribution in [2.45, 2.75) is 32.6 Å². The van der Waals surface area contributed by atoms with E-state index in [2.05, 4.69) is 31.2 Å². The van der Waals surface area contributed by atoms with Crippen molar-refractivity contribution in [3.8, 4) is 0 Å². The highest BCUT2D eigenvalue weighted by Gasteiger charge is 2.23. The molecule has 0 spiro atoms. The fraction of sp³-hybridized carbons (Fsp3) is 0.643. The van der Waals surface area contributed by atoms with Gasteiger partial charge < -0.3 is 9.80 Å². The van der Waals surface area contributed by atoms with E-state index in [1.165, 1.54) is 0 Å². The molecule has 0 atom stereocenters. The van der Waals surface area contributed by atoms with Gasteiger partial charge in [-0.3, -0.25) is 0 Å². The van der Waals surface area contributed by atoms with Gasteiger partial charge in [-0.2, -0.15) is 0 Å². The number of rotatable bonds is 7. The molecular formula is C14H24N2O. The summed E-state index contributed by atoms with van der Waals surface area (Å²) in [4.78, 5) is 15.3. The summed E-state index contributed by atoms with van der Waals surface area (Å²) < 4.78 is 0. The highest BCUT2D eigenvalue weighted by atomic mass is 16.2. The lowest BCUT2D eigenvalue weighted by atomic mass is 10.2. The highest BCUT2D eigenvalue weighted by molar-refractivity contribution is 5.76. The molecule has 1 saturated heterocycles. The molecule has 0 bridgehead atoms. The maximum absolute atomic E-state index is 11.6. The van der Waals surface area contributed by atoms with Crippen LogP contribution in [0.15, 0.2) is 24.3 Å². The quantitative estimate of drug-likeness (QED) is 0.492. The molecule has 1 aliphatic heterocycles. The Morgan fingerprint density at radius 3 is 2.59 bits per heavy atom. The third kappa shape index (κ3) is 5.07. The zero-order valence-electron chi connectivity index (χ0n) is 11.1. The van der Waals surface area contributed by atoms with E-state index < -0.39 is 0 Å². The van der Waals surface area contributed by atoms with E-state index in [0.717, 1.165) is 45.3 Å². The molecule has 3 nitrogen and oxygen atoms in total. The van der Waals surface area contributed by atoms with E-state index in [1.54, 1.807) is 4.90 Å². The van der Waals surface area contributed by atoms with E-state index in [0.29, 0.717) is 0 Å². The molecule has 0 saturated carbocycles. The van der Waals surface area contributed by atoms with Gasteiger partial charge in [-0.15, -0.1) is 0 Å². The number of amides is 2. The summed E-state index contributed by atoms with van der Waals surface area (Å²) in [6.07, 6.45) is 13.0. The van der Waals surface area contributed by atoms with Crippen LogP contribution in [0, 0.1) is 0 Å². The topological polar surface area (TPSA) is 23.6 Å². The number of likely N-dealkylation sites (N-methyl/N-ethyl adjacent to an activating group) is 1. The number of hydrogen-bond donors (Lipinski definition) is 0. The van der Waals surface area contributed by atoms with Crippen LogP contribution < -0.4 is 0 Å². The van der Waals surface area contributed by atoms with Gasteiger partial charge in [0.05, 0.1) is 0 Å². The number of carbonyl (C=O) groups excluding carboxylic acids is 1. The average molecular weight is 236 g/mol. The molecule has 0 aromatic rings. The lowest BCUT2D eigenvalue weighted by Gasteiger charge is -2.14. The van der Waals surface area contributed by atoms with E-state index in [1.807, 2.05) is 11.9 Å². The van der Waals surface area contributed by atoms with Crippen molar-refractivity contribution in [3.63, 3.8) is 0 Å². The van der Waals surface area contributed by atoms with Crippen LogP contribution in [0.4, 0.5) is 4.79 Å². The van der Waals surface area contributed by atoms with Crippen LogP contribution in [0.1, 0.15) is 32.6 Å². The number of hydrogen-bond acceptors (Lipinski definition) is 1. The molecule has 0 aromatic heterocycles. The minimum absolute atomic E-state index is 0.180. The van der Waals surface area contributed by atoms with E-state index in [9.17, 15) is 4.79 Å². The van der Waals surface area contributed by atoms with E-state index in [4.69, 9.17) is 0 Å². The minimum atomic E-state index is 0.180. The number of urea groups is 1. The number of allylic oxidation sites excluding steroid dienone is 4. The summed E-state index contributed by atoms with van der Waals surface area (Å²) in [5.41, 5.74) is 0. The van der Waals surface area contributed by atoms with Crippen molar-refractivity contribution < 1.29 is 4.79 Å². The molecule has 0 aliphatic carbocycles. The fourth-order valence-electron chi connectivity index (χ4n) is 1.87. The second-order valence-electron chi connectivity index (χ2n) is 4.42. The summed E-state index contributed by atoms with van der Waals surface area (Å²) in [5.74, 6) is 0. The molecule has 1 fully saturated rings. The van der Waals surface area contributed by atoms with Gasteiger partial charge >= 0.3 is 6.03 Å². The van der Waals surface area contributed by atoms with Crippen LogP contribution in [0.5, 0.6) is 0 Å². The summed E-state index contributed by atoms with van der Waals surface area (Å²) in [5, 5.41) is 0. The van der Waals surface area contributed by atoms with Crippen molar-refractivity contribution in [1.82, 2.24) is 9.80 Å². The minimum Gasteiger partial charge on any atom is -0.326 e. The normalized spacial score (nSPS) is 16.9. The summed E-state index contributed by atoms with van der Waals surface area (Å²) >= 11 is 0. The molecular weight excluding hydrogens is 212 g/mol. The van der Waals surface area contributed by atoms with Crippen LogP contribution in [0.3, 0.4) is 0 Å². The van der Waals surface area contributed by atoms with E-state index in [-0.39, 0.29) is 6.03 Å². The van der Waals surface area contributed by atoms with Gasteiger partial charge in [0, 0.05) is 26.7 Å². The van der Waals surface area contributed by atoms with Crippen molar-refractivity contribution in [1.29, 1.82) is 0 Å². The van der Waals surface area contributed by atoms with Crippen LogP contribution in [-0.4, -0.2) is 42.5 Å². The van der Waals surface area contributed by atoms with Gasteiger partial charge in [-0.05, 0) is 25.7 Å². The van der Waals surface area contributed by atoms with Gasteiger partial charge in [0.1, 0.15) is 0 Å². The van der Waals surface area contributed by atoms with Crippen LogP contribution in [-0.2, 0) is 0 Å². The second-order valence-corrected chi connectivity index (χ2v) is 4.42. The van der Waals surface area contributed by atoms with Crippen LogP contribution >= 0.6 is 0 Å². The Morgan fingerprint density at radius 1 is 1.18 bits per heavy atom. The first-order chi connectivity index (χ1) is 8.25. The first-order valence-corrected chi connectivity index (χ1v) is 6.55. The molecule has 0 N–H and O–H groups in total. The molecule has 1 aliphatic rings. The van der Waals surface area contributed by atoms with Crippen molar-refractivity contribution in [2.24, 2.45) is 0 Å². The largest absolute Gasteiger partial charge is 0.326 e. The molecule has 2 amide bonds. The smallest absolute Gasteiger partial charge is 0.319 e. The third-order valence-corrected chi connectivity index (χ3v) is 2.94. The maximum Gasteiger partial charge on any atom is 0.319 e. The summed E-state index contributed by atoms with van der Waals surface area (Å²) in [7, 11) is 1.86. The SMILES string of the molecule is CC/C=C\C/C=C\CCCN1CCN(C)C1=O. The van der Waals surface area contributed by atoms with Gasteiger partial charge in [-0.25, -0.2) is 4.79 Å². The zero-order valence-corrected chi connectivity index (χ0v) is 11.1. The van der Waals surface area contributed by atoms with Crippen LogP contribution in [0.2, 0.25) is 0 Å². The third-order valence-electron chi connectivity index (χ3n) is 2.94. The van der Waals surface area contributed by atoms with Crippen LogP contribution in [0.25, 0.3) is 0 Å². The fourth-order valence-corrected chi connectivity index (χ4v) is 1.87. The lowest BCUT2D eigenvalue weighted by Crippen LogP contribution is -2.30. The van der Waals surface area contributed by atoms with Gasteiger partial charge in [0.2, 0.25) is 0 Å². The first kappa shape index (κ1) is 13.8. The predicted octanol–water partition coefficient (Wildman–Crippen LogP) is 3.05. The van der Waals surface area contributed by atoms with Crippen molar-refractivity contribution >= 4 is 6.03 Å². The average Bonchev–Trinajstić information content (AvgIpc) is 2.64. The Hall–Kier alpha value is -1.25. The molecule has 0 unspecified atom stereocenters. The zero-order chi connectivity index (χ0) is 12.5. The Balaban J connectivity index is 2.04. The molecule has 96 valence electrons. The Bertz CT molecular complexity index is 284.